The van der Waals surface area contributed by atoms with Crippen molar-refractivity contribution in [1.29, 1.82) is 0 Å². The van der Waals surface area contributed by atoms with E-state index in [2.05, 4.69) is 10.0 Å². The zero-order valence-corrected chi connectivity index (χ0v) is 10.4. The molecule has 0 aromatic heterocycles. The number of nitrogens with one attached hydrogen (secondary N) is 2. The zero-order chi connectivity index (χ0) is 11.3. The predicted octanol–water partition coefficient (Wildman–Crippen LogP) is 0.704. The van der Waals surface area contributed by atoms with Crippen molar-refractivity contribution < 1.29 is 8.42 Å². The number of sulfonamides is 1. The van der Waals surface area contributed by atoms with Gasteiger partial charge in [-0.2, -0.15) is 0 Å². The second-order valence-electron chi connectivity index (χ2n) is 4.46. The minimum atomic E-state index is -3.08. The summed E-state index contributed by atoms with van der Waals surface area (Å²) in [6, 6.07) is 0.0906. The maximum Gasteiger partial charge on any atom is 0.212 e. The zero-order valence-electron chi connectivity index (χ0n) is 9.62. The fourth-order valence-electron chi connectivity index (χ4n) is 1.75. The largest absolute Gasteiger partial charge is 0.315 e. The van der Waals surface area contributed by atoms with Gasteiger partial charge in [-0.05, 0) is 25.3 Å². The molecule has 0 aromatic carbocycles. The van der Waals surface area contributed by atoms with Gasteiger partial charge in [0, 0.05) is 12.6 Å². The Bertz CT molecular complexity index is 271. The van der Waals surface area contributed by atoms with Crippen LogP contribution in [0.15, 0.2) is 0 Å². The lowest BCUT2D eigenvalue weighted by Gasteiger charge is -2.24. The second-order valence-corrected chi connectivity index (χ2v) is 6.25. The van der Waals surface area contributed by atoms with Crippen molar-refractivity contribution in [2.45, 2.75) is 39.2 Å². The molecule has 90 valence electrons. The standard InChI is InChI=1S/C10H22N2O2S/c1-3-9(2)8-15(13,14)12-10-5-4-6-11-7-10/h9-12H,3-8H2,1-2H3. The van der Waals surface area contributed by atoms with Crippen molar-refractivity contribution in [2.24, 2.45) is 5.92 Å². The van der Waals surface area contributed by atoms with Gasteiger partial charge in [-0.15, -0.1) is 0 Å². The van der Waals surface area contributed by atoms with Gasteiger partial charge in [-0.25, -0.2) is 13.1 Å². The number of hydrogen-bond donors (Lipinski definition) is 2. The number of rotatable bonds is 5. The van der Waals surface area contributed by atoms with E-state index >= 15 is 0 Å². The predicted molar refractivity (Wildman–Crippen MR) is 62.3 cm³/mol. The van der Waals surface area contributed by atoms with E-state index in [1.54, 1.807) is 0 Å². The lowest BCUT2D eigenvalue weighted by Crippen LogP contribution is -2.46. The maximum atomic E-state index is 11.7. The Morgan fingerprint density at radius 3 is 2.80 bits per heavy atom. The SMILES string of the molecule is CCC(C)CS(=O)(=O)NC1CCCNC1. The van der Waals surface area contributed by atoms with Crippen LogP contribution in [0.1, 0.15) is 33.1 Å². The van der Waals surface area contributed by atoms with Crippen LogP contribution in [0, 0.1) is 5.92 Å². The molecule has 0 amide bonds. The van der Waals surface area contributed by atoms with Gasteiger partial charge in [0.15, 0.2) is 0 Å². The average Bonchev–Trinajstić information content (AvgIpc) is 2.17. The van der Waals surface area contributed by atoms with E-state index in [1.165, 1.54) is 0 Å². The van der Waals surface area contributed by atoms with Crippen LogP contribution in [0.5, 0.6) is 0 Å². The van der Waals surface area contributed by atoms with Gasteiger partial charge in [0.2, 0.25) is 10.0 Å². The van der Waals surface area contributed by atoms with Gasteiger partial charge >= 0.3 is 0 Å². The Kier molecular flexibility index (Phi) is 5.02. The molecule has 4 nitrogen and oxygen atoms in total. The highest BCUT2D eigenvalue weighted by molar-refractivity contribution is 7.89. The quantitative estimate of drug-likeness (QED) is 0.736. The minimum absolute atomic E-state index is 0.0906. The third-order valence-corrected chi connectivity index (χ3v) is 4.54. The molecule has 0 aliphatic carbocycles. The van der Waals surface area contributed by atoms with Crippen molar-refractivity contribution in [3.05, 3.63) is 0 Å². The summed E-state index contributed by atoms with van der Waals surface area (Å²) in [5, 5.41) is 3.20. The van der Waals surface area contributed by atoms with Crippen molar-refractivity contribution >= 4 is 10.0 Å². The van der Waals surface area contributed by atoms with Crippen molar-refractivity contribution in [1.82, 2.24) is 10.0 Å². The molecule has 1 aliphatic heterocycles. The summed E-state index contributed by atoms with van der Waals surface area (Å²) in [7, 11) is -3.08. The molecular weight excluding hydrogens is 212 g/mol. The summed E-state index contributed by atoms with van der Waals surface area (Å²) >= 11 is 0. The Hall–Kier alpha value is -0.130. The second kappa shape index (κ2) is 5.82. The van der Waals surface area contributed by atoms with E-state index in [0.29, 0.717) is 0 Å². The maximum absolute atomic E-state index is 11.7. The molecule has 1 aliphatic rings. The molecule has 2 unspecified atom stereocenters. The molecule has 2 N–H and O–H groups in total. The molecule has 1 fully saturated rings. The number of hydrogen-bond acceptors (Lipinski definition) is 3. The van der Waals surface area contributed by atoms with Crippen LogP contribution in [0.25, 0.3) is 0 Å². The van der Waals surface area contributed by atoms with Crippen LogP contribution in [0.4, 0.5) is 0 Å². The van der Waals surface area contributed by atoms with Crippen LogP contribution in [-0.4, -0.2) is 33.3 Å². The lowest BCUT2D eigenvalue weighted by molar-refractivity contribution is 0.426. The molecule has 0 aromatic rings. The van der Waals surface area contributed by atoms with Gasteiger partial charge in [-0.3, -0.25) is 0 Å². The van der Waals surface area contributed by atoms with Gasteiger partial charge in [-0.1, -0.05) is 20.3 Å². The molecule has 1 saturated heterocycles. The fourth-order valence-corrected chi connectivity index (χ4v) is 3.54. The van der Waals surface area contributed by atoms with Crippen molar-refractivity contribution in [3.8, 4) is 0 Å². The molecule has 1 heterocycles. The number of piperidine rings is 1. The summed E-state index contributed by atoms with van der Waals surface area (Å²) in [6.45, 7) is 5.75. The third-order valence-electron chi connectivity index (χ3n) is 2.84. The molecule has 0 bridgehead atoms. The first-order valence-corrected chi connectivity index (χ1v) is 7.39. The lowest BCUT2D eigenvalue weighted by atomic mass is 10.1. The molecule has 0 spiro atoms. The van der Waals surface area contributed by atoms with Crippen LogP contribution in [0.3, 0.4) is 0 Å². The molecular formula is C10H22N2O2S. The Morgan fingerprint density at radius 1 is 1.53 bits per heavy atom. The van der Waals surface area contributed by atoms with Crippen molar-refractivity contribution in [2.75, 3.05) is 18.8 Å². The Balaban J connectivity index is 2.40. The first kappa shape index (κ1) is 12.9. The molecule has 0 radical (unpaired) electrons. The van der Waals surface area contributed by atoms with E-state index in [-0.39, 0.29) is 17.7 Å². The van der Waals surface area contributed by atoms with Crippen LogP contribution in [0.2, 0.25) is 0 Å². The summed E-state index contributed by atoms with van der Waals surface area (Å²) in [5.41, 5.74) is 0. The van der Waals surface area contributed by atoms with Crippen LogP contribution in [-0.2, 0) is 10.0 Å². The van der Waals surface area contributed by atoms with Gasteiger partial charge in [0.1, 0.15) is 0 Å². The molecule has 0 saturated carbocycles. The third kappa shape index (κ3) is 4.95. The Morgan fingerprint density at radius 2 is 2.27 bits per heavy atom. The first-order chi connectivity index (χ1) is 7.03. The van der Waals surface area contributed by atoms with E-state index in [0.717, 1.165) is 32.4 Å². The highest BCUT2D eigenvalue weighted by atomic mass is 32.2. The van der Waals surface area contributed by atoms with Gasteiger partial charge in [0.05, 0.1) is 5.75 Å². The summed E-state index contributed by atoms with van der Waals surface area (Å²) in [5.74, 6) is 0.485. The van der Waals surface area contributed by atoms with Gasteiger partial charge in [0.25, 0.3) is 0 Å². The smallest absolute Gasteiger partial charge is 0.212 e. The average molecular weight is 234 g/mol. The van der Waals surface area contributed by atoms with E-state index in [4.69, 9.17) is 0 Å². The van der Waals surface area contributed by atoms with Gasteiger partial charge < -0.3 is 5.32 Å². The molecule has 15 heavy (non-hydrogen) atoms. The molecule has 2 atom stereocenters. The Labute approximate surface area is 92.9 Å². The van der Waals surface area contributed by atoms with E-state index in [1.807, 2.05) is 13.8 Å². The summed E-state index contributed by atoms with van der Waals surface area (Å²) in [6.07, 6.45) is 2.91. The molecule has 5 heteroatoms. The normalized spacial score (nSPS) is 25.1. The van der Waals surface area contributed by atoms with Crippen LogP contribution >= 0.6 is 0 Å². The van der Waals surface area contributed by atoms with E-state index in [9.17, 15) is 8.42 Å². The summed E-state index contributed by atoms with van der Waals surface area (Å²) in [4.78, 5) is 0. The monoisotopic (exact) mass is 234 g/mol. The highest BCUT2D eigenvalue weighted by Gasteiger charge is 2.21. The fraction of sp³-hybridized carbons (Fsp3) is 1.00. The first-order valence-electron chi connectivity index (χ1n) is 5.74. The highest BCUT2D eigenvalue weighted by Crippen LogP contribution is 2.07. The molecule has 1 rings (SSSR count). The van der Waals surface area contributed by atoms with Crippen LogP contribution < -0.4 is 10.0 Å². The minimum Gasteiger partial charge on any atom is -0.315 e. The topological polar surface area (TPSA) is 58.2 Å². The summed E-state index contributed by atoms with van der Waals surface area (Å²) < 4.78 is 26.2. The van der Waals surface area contributed by atoms with Crippen molar-refractivity contribution in [3.63, 3.8) is 0 Å². The van der Waals surface area contributed by atoms with E-state index < -0.39 is 10.0 Å².